The number of benzene rings is 2. The van der Waals surface area contributed by atoms with E-state index in [0.717, 1.165) is 21.1 Å². The second-order valence-corrected chi connectivity index (χ2v) is 4.89. The van der Waals surface area contributed by atoms with Crippen LogP contribution in [0.3, 0.4) is 0 Å². The molecule has 0 aliphatic carbocycles. The van der Waals surface area contributed by atoms with E-state index >= 15 is 0 Å². The lowest BCUT2D eigenvalue weighted by molar-refractivity contribution is 1.58. The van der Waals surface area contributed by atoms with E-state index in [1.807, 2.05) is 24.3 Å². The molecule has 0 amide bonds. The second-order valence-electron chi connectivity index (χ2n) is 3.44. The molecule has 3 aromatic rings. The summed E-state index contributed by atoms with van der Waals surface area (Å²) in [7, 11) is 0. The average Bonchev–Trinajstić information content (AvgIpc) is 2.78. The molecule has 0 atom stereocenters. The fraction of sp³-hybridized carbons (Fsp3) is 0. The summed E-state index contributed by atoms with van der Waals surface area (Å²) in [6, 6.07) is 14.3. The summed E-state index contributed by atoms with van der Waals surface area (Å²) in [5, 5.41) is 0. The number of fused-ring (bicyclic) bond motifs is 1. The van der Waals surface area contributed by atoms with Crippen LogP contribution >= 0.6 is 27.7 Å². The topological polar surface area (TPSA) is 25.8 Å². The van der Waals surface area contributed by atoms with E-state index in [0.29, 0.717) is 0 Å². The van der Waals surface area contributed by atoms with Gasteiger partial charge in [-0.2, -0.15) is 8.75 Å². The Morgan fingerprint density at radius 3 is 2.56 bits per heavy atom. The van der Waals surface area contributed by atoms with Crippen molar-refractivity contribution in [2.45, 2.75) is 0 Å². The summed E-state index contributed by atoms with van der Waals surface area (Å²) < 4.78 is 9.66. The molecule has 0 saturated carbocycles. The Labute approximate surface area is 105 Å². The van der Waals surface area contributed by atoms with Gasteiger partial charge in [0.1, 0.15) is 11.0 Å². The number of rotatable bonds is 1. The third-order valence-electron chi connectivity index (χ3n) is 2.44. The van der Waals surface area contributed by atoms with Gasteiger partial charge in [-0.15, -0.1) is 0 Å². The Balaban J connectivity index is 2.25. The van der Waals surface area contributed by atoms with Crippen molar-refractivity contribution >= 4 is 38.7 Å². The van der Waals surface area contributed by atoms with Crippen molar-refractivity contribution in [3.8, 4) is 11.1 Å². The van der Waals surface area contributed by atoms with Crippen molar-refractivity contribution < 1.29 is 0 Å². The Hall–Kier alpha value is -1.26. The summed E-state index contributed by atoms with van der Waals surface area (Å²) >= 11 is 4.69. The molecule has 0 spiro atoms. The Morgan fingerprint density at radius 1 is 0.938 bits per heavy atom. The SMILES string of the molecule is Brc1ccc(-c2cccc3nsnc23)cc1. The summed E-state index contributed by atoms with van der Waals surface area (Å²) in [5.41, 5.74) is 4.25. The van der Waals surface area contributed by atoms with Crippen LogP contribution in [0.15, 0.2) is 46.9 Å². The quantitative estimate of drug-likeness (QED) is 0.674. The highest BCUT2D eigenvalue weighted by atomic mass is 79.9. The van der Waals surface area contributed by atoms with Crippen LogP contribution in [0.5, 0.6) is 0 Å². The molecule has 3 rings (SSSR count). The summed E-state index contributed by atoms with van der Waals surface area (Å²) in [6.07, 6.45) is 0. The molecule has 4 heteroatoms. The lowest BCUT2D eigenvalue weighted by Gasteiger charge is -2.01. The molecule has 0 bridgehead atoms. The van der Waals surface area contributed by atoms with E-state index < -0.39 is 0 Å². The molecule has 16 heavy (non-hydrogen) atoms. The van der Waals surface area contributed by atoms with E-state index in [-0.39, 0.29) is 0 Å². The van der Waals surface area contributed by atoms with Crippen molar-refractivity contribution in [1.29, 1.82) is 0 Å². The summed E-state index contributed by atoms with van der Waals surface area (Å²) in [6.45, 7) is 0. The molecule has 1 heterocycles. The fourth-order valence-corrected chi connectivity index (χ4v) is 2.48. The number of nitrogens with zero attached hydrogens (tertiary/aromatic N) is 2. The van der Waals surface area contributed by atoms with Gasteiger partial charge in [0.05, 0.1) is 11.7 Å². The van der Waals surface area contributed by atoms with Gasteiger partial charge in [0, 0.05) is 10.0 Å². The predicted octanol–water partition coefficient (Wildman–Crippen LogP) is 4.12. The molecule has 0 radical (unpaired) electrons. The van der Waals surface area contributed by atoms with Crippen LogP contribution in [-0.2, 0) is 0 Å². The first kappa shape index (κ1) is 9.93. The van der Waals surface area contributed by atoms with Crippen molar-refractivity contribution in [3.05, 3.63) is 46.9 Å². The number of hydrogen-bond acceptors (Lipinski definition) is 3. The number of hydrogen-bond donors (Lipinski definition) is 0. The fourth-order valence-electron chi connectivity index (χ4n) is 1.67. The van der Waals surface area contributed by atoms with Gasteiger partial charge < -0.3 is 0 Å². The molecule has 1 aromatic heterocycles. The Morgan fingerprint density at radius 2 is 1.75 bits per heavy atom. The molecule has 0 aliphatic heterocycles. The van der Waals surface area contributed by atoms with Gasteiger partial charge in [0.25, 0.3) is 0 Å². The van der Waals surface area contributed by atoms with Gasteiger partial charge >= 0.3 is 0 Å². The Bertz CT molecular complexity index is 631. The molecule has 0 fully saturated rings. The summed E-state index contributed by atoms with van der Waals surface area (Å²) in [5.74, 6) is 0. The maximum absolute atomic E-state index is 4.34. The van der Waals surface area contributed by atoms with Gasteiger partial charge in [0.15, 0.2) is 0 Å². The van der Waals surface area contributed by atoms with Crippen LogP contribution in [-0.4, -0.2) is 8.75 Å². The molecular formula is C12H7BrN2S. The van der Waals surface area contributed by atoms with Crippen LogP contribution in [0.1, 0.15) is 0 Å². The van der Waals surface area contributed by atoms with Crippen LogP contribution in [0, 0.1) is 0 Å². The predicted molar refractivity (Wildman–Crippen MR) is 70.6 cm³/mol. The number of aromatic nitrogens is 2. The molecule has 2 nitrogen and oxygen atoms in total. The minimum Gasteiger partial charge on any atom is -0.173 e. The highest BCUT2D eigenvalue weighted by Gasteiger charge is 2.06. The number of halogens is 1. The molecule has 0 N–H and O–H groups in total. The minimum atomic E-state index is 0.963. The standard InChI is InChI=1S/C12H7BrN2S/c13-9-6-4-8(5-7-9)10-2-1-3-11-12(10)15-16-14-11/h1-7H. The molecule has 0 unspecified atom stereocenters. The van der Waals surface area contributed by atoms with Crippen LogP contribution in [0.2, 0.25) is 0 Å². The van der Waals surface area contributed by atoms with Gasteiger partial charge in [-0.05, 0) is 23.8 Å². The first-order valence-electron chi connectivity index (χ1n) is 4.82. The van der Waals surface area contributed by atoms with Gasteiger partial charge in [0.2, 0.25) is 0 Å². The van der Waals surface area contributed by atoms with E-state index in [2.05, 4.69) is 42.9 Å². The molecule has 2 aromatic carbocycles. The third-order valence-corrected chi connectivity index (χ3v) is 3.51. The van der Waals surface area contributed by atoms with Gasteiger partial charge in [-0.1, -0.05) is 40.2 Å². The average molecular weight is 291 g/mol. The monoisotopic (exact) mass is 290 g/mol. The van der Waals surface area contributed by atoms with Crippen LogP contribution in [0.25, 0.3) is 22.2 Å². The van der Waals surface area contributed by atoms with Crippen LogP contribution < -0.4 is 0 Å². The second kappa shape index (κ2) is 3.96. The molecular weight excluding hydrogens is 284 g/mol. The Kier molecular flexibility index (Phi) is 2.46. The van der Waals surface area contributed by atoms with Crippen LogP contribution in [0.4, 0.5) is 0 Å². The maximum atomic E-state index is 4.34. The highest BCUT2D eigenvalue weighted by molar-refractivity contribution is 9.10. The van der Waals surface area contributed by atoms with Crippen molar-refractivity contribution in [2.24, 2.45) is 0 Å². The summed E-state index contributed by atoms with van der Waals surface area (Å²) in [4.78, 5) is 0. The molecule has 0 aliphatic rings. The normalized spacial score (nSPS) is 10.8. The van der Waals surface area contributed by atoms with E-state index in [4.69, 9.17) is 0 Å². The van der Waals surface area contributed by atoms with E-state index in [1.165, 1.54) is 17.3 Å². The van der Waals surface area contributed by atoms with E-state index in [1.54, 1.807) is 0 Å². The molecule has 0 saturated heterocycles. The van der Waals surface area contributed by atoms with Crippen molar-refractivity contribution in [3.63, 3.8) is 0 Å². The van der Waals surface area contributed by atoms with Crippen molar-refractivity contribution in [2.75, 3.05) is 0 Å². The molecule has 78 valence electrons. The van der Waals surface area contributed by atoms with Gasteiger partial charge in [-0.3, -0.25) is 0 Å². The zero-order valence-electron chi connectivity index (χ0n) is 8.22. The first-order valence-corrected chi connectivity index (χ1v) is 6.34. The van der Waals surface area contributed by atoms with Gasteiger partial charge in [-0.25, -0.2) is 0 Å². The highest BCUT2D eigenvalue weighted by Crippen LogP contribution is 2.28. The zero-order chi connectivity index (χ0) is 11.0. The smallest absolute Gasteiger partial charge is 0.112 e. The van der Waals surface area contributed by atoms with Crippen molar-refractivity contribution in [1.82, 2.24) is 8.75 Å². The maximum Gasteiger partial charge on any atom is 0.112 e. The largest absolute Gasteiger partial charge is 0.173 e. The minimum absolute atomic E-state index is 0.963. The zero-order valence-corrected chi connectivity index (χ0v) is 10.6. The van der Waals surface area contributed by atoms with E-state index in [9.17, 15) is 0 Å². The first-order chi connectivity index (χ1) is 7.84. The third kappa shape index (κ3) is 1.64. The lowest BCUT2D eigenvalue weighted by atomic mass is 10.0. The lowest BCUT2D eigenvalue weighted by Crippen LogP contribution is -1.80.